The van der Waals surface area contributed by atoms with Crippen molar-refractivity contribution >= 4 is 77.6 Å². The smallest absolute Gasteiger partial charge is 0.252 e. The van der Waals surface area contributed by atoms with Crippen LogP contribution in [0.2, 0.25) is 0 Å². The number of nitrogens with zero attached hydrogens (tertiary/aromatic N) is 4. The van der Waals surface area contributed by atoms with E-state index in [9.17, 15) is 0 Å². The van der Waals surface area contributed by atoms with Gasteiger partial charge in [-0.05, 0) is 194 Å². The predicted molar refractivity (Wildman–Crippen MR) is 431 cm³/mol. The molecule has 0 saturated heterocycles. The van der Waals surface area contributed by atoms with Gasteiger partial charge in [0.15, 0.2) is 5.82 Å². The summed E-state index contributed by atoms with van der Waals surface area (Å²) in [5, 5.41) is 5.90. The molecule has 0 bridgehead atoms. The Kier molecular flexibility index (Phi) is 14.0. The maximum atomic E-state index is 5.95. The number of rotatable bonds is 8. The Balaban J connectivity index is 1.05. The van der Waals surface area contributed by atoms with Crippen LogP contribution in [0.3, 0.4) is 0 Å². The van der Waals surface area contributed by atoms with E-state index in [0.29, 0.717) is 5.82 Å². The highest BCUT2D eigenvalue weighted by Crippen LogP contribution is 2.49. The van der Waals surface area contributed by atoms with Crippen LogP contribution in [0.5, 0.6) is 0 Å². The first-order valence-electron chi connectivity index (χ1n) is 36.0. The molecule has 0 amide bonds. The number of fused-ring (bicyclic) bond motifs is 11. The summed E-state index contributed by atoms with van der Waals surface area (Å²) < 4.78 is 5.34. The average molecular weight is 1300 g/mol. The van der Waals surface area contributed by atoms with E-state index in [1.807, 2.05) is 0 Å². The Bertz CT molecular complexity index is 5730. The van der Waals surface area contributed by atoms with Gasteiger partial charge in [0.2, 0.25) is 0 Å². The van der Waals surface area contributed by atoms with Crippen molar-refractivity contribution in [3.8, 4) is 101 Å². The Hall–Kier alpha value is -11.1. The second kappa shape index (κ2) is 22.7. The first-order chi connectivity index (χ1) is 48.6. The van der Waals surface area contributed by atoms with Gasteiger partial charge in [0.05, 0.1) is 22.2 Å². The SMILES string of the molecule is CC(C)(C)c1ccc(-c2cc3c4c(c2)c2c(-c5ccccc5)cc(-c5ccccc5)cc2n4-c2cc(-c4nc(-c5cc(C(C)(C)C)cc(C(C)(C)C)c5)c5ccccc5n4)cc4c2B3c2cc(-c3ccc(C(C)(C)C)cc3)cc3c5c(-c6ccccc6)cc(-c6ccccc6)cc5n-4c23)cc1. The lowest BCUT2D eigenvalue weighted by molar-refractivity contribution is 0.569. The second-order valence-corrected chi connectivity index (χ2v) is 32.6. The standard InChI is InChI=1S/C96H81BN4/c1-93(2,3)70-41-37-60(38-42-70)64-49-77-86-75(62-31-21-15-22-32-62)47-66(58-27-17-13-18-28-58)53-82(86)100-84-55-69(92-98-81-36-26-25-35-74(81)89(99-92)68-45-72(95(7,8)9)57-73(46-68)96(10,11)12)56-85-88(84)97(79(51-64)90(77)100)80-52-65(61-39-43-71(44-40-61)94(4,5)6)50-78-87-76(63-33-23-16-24-34-63)48-67(59-29-19-14-20-30-59)54-83(87)101(85)91(78)80/h13-57H,1-12H3. The summed E-state index contributed by atoms with van der Waals surface area (Å²) in [6.07, 6.45) is 0. The fourth-order valence-corrected chi connectivity index (χ4v) is 16.4. The molecular formula is C96H81BN4. The minimum Gasteiger partial charge on any atom is -0.310 e. The van der Waals surface area contributed by atoms with Gasteiger partial charge in [0.25, 0.3) is 6.71 Å². The average Bonchev–Trinajstić information content (AvgIpc) is 1.52. The number of benzene rings is 13. The van der Waals surface area contributed by atoms with Crippen LogP contribution < -0.4 is 16.4 Å². The van der Waals surface area contributed by atoms with Crippen LogP contribution in [0.25, 0.3) is 155 Å². The molecule has 0 N–H and O–H groups in total. The topological polar surface area (TPSA) is 35.6 Å². The molecule has 0 atom stereocenters. The Morgan fingerprint density at radius 2 is 0.653 bits per heavy atom. The molecule has 13 aromatic carbocycles. The summed E-state index contributed by atoms with van der Waals surface area (Å²) >= 11 is 0. The molecular weight excluding hydrogens is 1220 g/mol. The van der Waals surface area contributed by atoms with Crippen molar-refractivity contribution in [2.45, 2.75) is 105 Å². The summed E-state index contributed by atoms with van der Waals surface area (Å²) in [6.45, 7) is 27.5. The van der Waals surface area contributed by atoms with Crippen LogP contribution in [0.1, 0.15) is 105 Å². The van der Waals surface area contributed by atoms with Crippen molar-refractivity contribution in [3.05, 3.63) is 295 Å². The van der Waals surface area contributed by atoms with Crippen LogP contribution in [0.4, 0.5) is 0 Å². The molecule has 3 aromatic heterocycles. The van der Waals surface area contributed by atoms with Crippen LogP contribution in [-0.2, 0) is 21.7 Å². The van der Waals surface area contributed by atoms with Crippen LogP contribution in [-0.4, -0.2) is 25.8 Å². The largest absolute Gasteiger partial charge is 0.310 e. The molecule has 0 spiro atoms. The second-order valence-electron chi connectivity index (χ2n) is 32.6. The summed E-state index contributed by atoms with van der Waals surface area (Å²) in [7, 11) is 0. The fraction of sp³-hybridized carbons (Fsp3) is 0.167. The van der Waals surface area contributed by atoms with E-state index >= 15 is 0 Å². The highest BCUT2D eigenvalue weighted by Gasteiger charge is 2.43. The number of hydrogen-bond acceptors (Lipinski definition) is 2. The summed E-state index contributed by atoms with van der Waals surface area (Å²) in [5.41, 5.74) is 33.7. The minimum atomic E-state index is -0.234. The Labute approximate surface area is 593 Å². The highest BCUT2D eigenvalue weighted by atomic mass is 15.0. The van der Waals surface area contributed by atoms with Gasteiger partial charge in [0.1, 0.15) is 0 Å². The van der Waals surface area contributed by atoms with E-state index in [2.05, 4.69) is 365 Å². The van der Waals surface area contributed by atoms with Crippen LogP contribution >= 0.6 is 0 Å². The molecule has 5 heteroatoms. The molecule has 101 heavy (non-hydrogen) atoms. The van der Waals surface area contributed by atoms with Crippen molar-refractivity contribution < 1.29 is 0 Å². The fourth-order valence-electron chi connectivity index (χ4n) is 16.4. The number of para-hydroxylation sites is 1. The summed E-state index contributed by atoms with van der Waals surface area (Å²) in [4.78, 5) is 11.7. The van der Waals surface area contributed by atoms with E-state index in [0.717, 1.165) is 72.4 Å². The van der Waals surface area contributed by atoms with Crippen LogP contribution in [0.15, 0.2) is 273 Å². The van der Waals surface area contributed by atoms with Crippen molar-refractivity contribution in [1.82, 2.24) is 19.1 Å². The van der Waals surface area contributed by atoms with Gasteiger partial charge in [0, 0.05) is 60.5 Å². The van der Waals surface area contributed by atoms with E-state index in [1.165, 1.54) is 116 Å². The quantitative estimate of drug-likeness (QED) is 0.142. The van der Waals surface area contributed by atoms with Crippen molar-refractivity contribution in [2.75, 3.05) is 0 Å². The molecule has 16 aromatic rings. The monoisotopic (exact) mass is 1300 g/mol. The van der Waals surface area contributed by atoms with E-state index in [1.54, 1.807) is 0 Å². The molecule has 2 aliphatic heterocycles. The van der Waals surface area contributed by atoms with Crippen molar-refractivity contribution in [2.24, 2.45) is 0 Å². The van der Waals surface area contributed by atoms with Gasteiger partial charge in [-0.3, -0.25) is 0 Å². The molecule has 5 heterocycles. The third-order valence-electron chi connectivity index (χ3n) is 21.9. The normalized spacial score (nSPS) is 12.9. The minimum absolute atomic E-state index is 0.0132. The molecule has 0 unspecified atom stereocenters. The third kappa shape index (κ3) is 10.2. The first-order valence-corrected chi connectivity index (χ1v) is 36.0. The van der Waals surface area contributed by atoms with Gasteiger partial charge >= 0.3 is 0 Å². The maximum Gasteiger partial charge on any atom is 0.252 e. The van der Waals surface area contributed by atoms with E-state index < -0.39 is 0 Å². The molecule has 0 saturated carbocycles. The lowest BCUT2D eigenvalue weighted by Crippen LogP contribution is -2.59. The van der Waals surface area contributed by atoms with Gasteiger partial charge in [-0.2, -0.15) is 0 Å². The predicted octanol–water partition coefficient (Wildman–Crippen LogP) is 23.5. The van der Waals surface area contributed by atoms with E-state index in [4.69, 9.17) is 9.97 Å². The molecule has 0 aliphatic carbocycles. The molecule has 4 nitrogen and oxygen atoms in total. The van der Waals surface area contributed by atoms with Crippen LogP contribution in [0, 0.1) is 0 Å². The molecule has 18 rings (SSSR count). The molecule has 0 fully saturated rings. The zero-order valence-corrected chi connectivity index (χ0v) is 59.8. The van der Waals surface area contributed by atoms with Crippen molar-refractivity contribution in [3.63, 3.8) is 0 Å². The first kappa shape index (κ1) is 62.1. The molecule has 488 valence electrons. The molecule has 2 aliphatic rings. The third-order valence-corrected chi connectivity index (χ3v) is 21.9. The van der Waals surface area contributed by atoms with Gasteiger partial charge in [-0.25, -0.2) is 9.97 Å². The Morgan fingerprint density at radius 1 is 0.277 bits per heavy atom. The zero-order valence-electron chi connectivity index (χ0n) is 59.8. The number of hydrogen-bond donors (Lipinski definition) is 0. The lowest BCUT2D eigenvalue weighted by atomic mass is 9.34. The van der Waals surface area contributed by atoms with Crippen molar-refractivity contribution in [1.29, 1.82) is 0 Å². The summed E-state index contributed by atoms with van der Waals surface area (Å²) in [6, 6.07) is 104. The number of aromatic nitrogens is 4. The Morgan fingerprint density at radius 3 is 1.07 bits per heavy atom. The highest BCUT2D eigenvalue weighted by molar-refractivity contribution is 7.00. The van der Waals surface area contributed by atoms with Gasteiger partial charge < -0.3 is 9.13 Å². The van der Waals surface area contributed by atoms with E-state index in [-0.39, 0.29) is 28.4 Å². The van der Waals surface area contributed by atoms with Gasteiger partial charge in [-0.15, -0.1) is 0 Å². The lowest BCUT2D eigenvalue weighted by Gasteiger charge is -2.34. The molecule has 0 radical (unpaired) electrons. The van der Waals surface area contributed by atoms with Gasteiger partial charge in [-0.1, -0.05) is 289 Å². The zero-order chi connectivity index (χ0) is 69.2. The summed E-state index contributed by atoms with van der Waals surface area (Å²) in [5.74, 6) is 0.678. The maximum absolute atomic E-state index is 5.95.